The molecule has 1 aliphatic carbocycles. The van der Waals surface area contributed by atoms with E-state index in [1.165, 1.54) is 32.1 Å². The van der Waals surface area contributed by atoms with Crippen LogP contribution in [0.1, 0.15) is 55.5 Å². The molecule has 2 rings (SSSR count). The number of rotatable bonds is 5. The molecule has 1 aliphatic rings. The van der Waals surface area contributed by atoms with E-state index in [1.54, 1.807) is 0 Å². The van der Waals surface area contributed by atoms with Crippen molar-refractivity contribution in [2.45, 2.75) is 58.8 Å². The standard InChI is InChI=1S/C17H29N3O/c1-13-16(14(2)20(4)18-13)12-17(21)19(3)11-10-15-8-6-5-7-9-15/h15H,5-12H2,1-4H3. The Labute approximate surface area is 128 Å². The predicted molar refractivity (Wildman–Crippen MR) is 85.2 cm³/mol. The second-order valence-electron chi connectivity index (χ2n) is 6.56. The third-order valence-corrected chi connectivity index (χ3v) is 5.01. The van der Waals surface area contributed by atoms with Crippen LogP contribution in [-0.2, 0) is 18.3 Å². The first-order chi connectivity index (χ1) is 9.99. The highest BCUT2D eigenvalue weighted by Gasteiger charge is 2.18. The van der Waals surface area contributed by atoms with E-state index in [2.05, 4.69) is 5.10 Å². The van der Waals surface area contributed by atoms with Gasteiger partial charge in [0.05, 0.1) is 12.1 Å². The van der Waals surface area contributed by atoms with Gasteiger partial charge in [-0.2, -0.15) is 5.10 Å². The van der Waals surface area contributed by atoms with Crippen LogP contribution >= 0.6 is 0 Å². The molecule has 4 heteroatoms. The molecule has 1 aromatic heterocycles. The van der Waals surface area contributed by atoms with E-state index in [0.29, 0.717) is 6.42 Å². The minimum atomic E-state index is 0.213. The number of carbonyl (C=O) groups is 1. The monoisotopic (exact) mass is 291 g/mol. The van der Waals surface area contributed by atoms with Crippen molar-refractivity contribution in [3.05, 3.63) is 17.0 Å². The van der Waals surface area contributed by atoms with E-state index < -0.39 is 0 Å². The highest BCUT2D eigenvalue weighted by molar-refractivity contribution is 5.79. The lowest BCUT2D eigenvalue weighted by atomic mass is 9.87. The van der Waals surface area contributed by atoms with E-state index in [9.17, 15) is 4.79 Å². The zero-order valence-electron chi connectivity index (χ0n) is 14.0. The molecule has 1 aromatic rings. The first-order valence-corrected chi connectivity index (χ1v) is 8.22. The quantitative estimate of drug-likeness (QED) is 0.836. The molecule has 0 spiro atoms. The van der Waals surface area contributed by atoms with E-state index in [1.807, 2.05) is 37.5 Å². The summed E-state index contributed by atoms with van der Waals surface area (Å²) in [4.78, 5) is 14.3. The second-order valence-corrected chi connectivity index (χ2v) is 6.56. The van der Waals surface area contributed by atoms with Gasteiger partial charge in [-0.3, -0.25) is 9.48 Å². The molecule has 0 N–H and O–H groups in total. The van der Waals surface area contributed by atoms with Gasteiger partial charge in [-0.15, -0.1) is 0 Å². The smallest absolute Gasteiger partial charge is 0.226 e. The first kappa shape index (κ1) is 16.1. The molecule has 0 saturated heterocycles. The van der Waals surface area contributed by atoms with Gasteiger partial charge in [0.25, 0.3) is 0 Å². The number of hydrogen-bond donors (Lipinski definition) is 0. The van der Waals surface area contributed by atoms with Crippen LogP contribution in [0.25, 0.3) is 0 Å². The third-order valence-electron chi connectivity index (χ3n) is 5.01. The molecule has 0 atom stereocenters. The molecule has 1 fully saturated rings. The van der Waals surface area contributed by atoms with E-state index >= 15 is 0 Å². The SMILES string of the molecule is Cc1nn(C)c(C)c1CC(=O)N(C)CCC1CCCCC1. The molecule has 0 aromatic carbocycles. The summed E-state index contributed by atoms with van der Waals surface area (Å²) in [6, 6.07) is 0. The Hall–Kier alpha value is -1.32. The molecule has 4 nitrogen and oxygen atoms in total. The summed E-state index contributed by atoms with van der Waals surface area (Å²) in [7, 11) is 3.87. The van der Waals surface area contributed by atoms with Gasteiger partial charge in [0.15, 0.2) is 0 Å². The van der Waals surface area contributed by atoms with Crippen LogP contribution in [0.5, 0.6) is 0 Å². The Bertz CT molecular complexity index is 486. The van der Waals surface area contributed by atoms with Gasteiger partial charge in [-0.25, -0.2) is 0 Å². The van der Waals surface area contributed by atoms with Crippen LogP contribution in [0, 0.1) is 19.8 Å². The number of amides is 1. The van der Waals surface area contributed by atoms with Crippen molar-refractivity contribution in [2.75, 3.05) is 13.6 Å². The molecule has 21 heavy (non-hydrogen) atoms. The number of aromatic nitrogens is 2. The Morgan fingerprint density at radius 1 is 1.29 bits per heavy atom. The molecular weight excluding hydrogens is 262 g/mol. The Morgan fingerprint density at radius 2 is 1.95 bits per heavy atom. The normalized spacial score (nSPS) is 16.2. The second kappa shape index (κ2) is 7.10. The Kier molecular flexibility index (Phi) is 5.43. The van der Waals surface area contributed by atoms with Crippen molar-refractivity contribution in [1.29, 1.82) is 0 Å². The summed E-state index contributed by atoms with van der Waals surface area (Å²) < 4.78 is 1.86. The molecule has 1 heterocycles. The highest BCUT2D eigenvalue weighted by atomic mass is 16.2. The van der Waals surface area contributed by atoms with Crippen molar-refractivity contribution < 1.29 is 4.79 Å². The average Bonchev–Trinajstić information content (AvgIpc) is 2.72. The van der Waals surface area contributed by atoms with Crippen LogP contribution in [0.3, 0.4) is 0 Å². The van der Waals surface area contributed by atoms with Gasteiger partial charge in [-0.05, 0) is 26.2 Å². The lowest BCUT2D eigenvalue weighted by Crippen LogP contribution is -2.30. The molecule has 0 unspecified atom stereocenters. The van der Waals surface area contributed by atoms with Crippen LogP contribution in [0.2, 0.25) is 0 Å². The zero-order chi connectivity index (χ0) is 15.4. The topological polar surface area (TPSA) is 38.1 Å². The molecule has 1 amide bonds. The van der Waals surface area contributed by atoms with Crippen LogP contribution in [-0.4, -0.2) is 34.2 Å². The first-order valence-electron chi connectivity index (χ1n) is 8.22. The van der Waals surface area contributed by atoms with Crippen molar-refractivity contribution in [2.24, 2.45) is 13.0 Å². The maximum Gasteiger partial charge on any atom is 0.226 e. The van der Waals surface area contributed by atoms with Crippen LogP contribution < -0.4 is 0 Å². The Morgan fingerprint density at radius 3 is 2.52 bits per heavy atom. The van der Waals surface area contributed by atoms with Crippen LogP contribution in [0.15, 0.2) is 0 Å². The average molecular weight is 291 g/mol. The molecular formula is C17H29N3O. The van der Waals surface area contributed by atoms with E-state index in [-0.39, 0.29) is 5.91 Å². The lowest BCUT2D eigenvalue weighted by Gasteiger charge is -2.24. The summed E-state index contributed by atoms with van der Waals surface area (Å²) in [6.45, 7) is 4.91. The predicted octanol–water partition coefficient (Wildman–Crippen LogP) is 3.01. The molecule has 1 saturated carbocycles. The number of carbonyl (C=O) groups excluding carboxylic acids is 1. The van der Waals surface area contributed by atoms with Gasteiger partial charge < -0.3 is 4.90 Å². The fourth-order valence-electron chi connectivity index (χ4n) is 3.34. The van der Waals surface area contributed by atoms with Gasteiger partial charge in [0, 0.05) is 31.9 Å². The maximum absolute atomic E-state index is 12.4. The maximum atomic E-state index is 12.4. The highest BCUT2D eigenvalue weighted by Crippen LogP contribution is 2.26. The number of hydrogen-bond acceptors (Lipinski definition) is 2. The number of likely N-dealkylation sites (N-methyl/N-ethyl adjacent to an activating group) is 1. The zero-order valence-corrected chi connectivity index (χ0v) is 14.0. The third kappa shape index (κ3) is 4.08. The molecule has 0 aliphatic heterocycles. The van der Waals surface area contributed by atoms with Crippen molar-refractivity contribution in [3.8, 4) is 0 Å². The largest absolute Gasteiger partial charge is 0.345 e. The van der Waals surface area contributed by atoms with Gasteiger partial charge in [0.1, 0.15) is 0 Å². The Balaban J connectivity index is 1.84. The molecule has 118 valence electrons. The molecule has 0 radical (unpaired) electrons. The summed E-state index contributed by atoms with van der Waals surface area (Å²) in [5, 5.41) is 4.39. The number of nitrogens with zero attached hydrogens (tertiary/aromatic N) is 3. The van der Waals surface area contributed by atoms with E-state index in [0.717, 1.165) is 35.8 Å². The van der Waals surface area contributed by atoms with Crippen molar-refractivity contribution >= 4 is 5.91 Å². The van der Waals surface area contributed by atoms with Crippen LogP contribution in [0.4, 0.5) is 0 Å². The fraction of sp³-hybridized carbons (Fsp3) is 0.765. The summed E-state index contributed by atoms with van der Waals surface area (Å²) in [5.41, 5.74) is 3.16. The lowest BCUT2D eigenvalue weighted by molar-refractivity contribution is -0.129. The minimum absolute atomic E-state index is 0.213. The van der Waals surface area contributed by atoms with Crippen molar-refractivity contribution in [3.63, 3.8) is 0 Å². The summed E-state index contributed by atoms with van der Waals surface area (Å²) in [5.74, 6) is 1.04. The van der Waals surface area contributed by atoms with E-state index in [4.69, 9.17) is 0 Å². The van der Waals surface area contributed by atoms with Crippen molar-refractivity contribution in [1.82, 2.24) is 14.7 Å². The van der Waals surface area contributed by atoms with Gasteiger partial charge >= 0.3 is 0 Å². The summed E-state index contributed by atoms with van der Waals surface area (Å²) >= 11 is 0. The van der Waals surface area contributed by atoms with Gasteiger partial charge in [0.2, 0.25) is 5.91 Å². The fourth-order valence-corrected chi connectivity index (χ4v) is 3.34. The van der Waals surface area contributed by atoms with Gasteiger partial charge in [-0.1, -0.05) is 32.1 Å². The molecule has 0 bridgehead atoms. The minimum Gasteiger partial charge on any atom is -0.345 e. The number of aryl methyl sites for hydroxylation is 2. The summed E-state index contributed by atoms with van der Waals surface area (Å²) in [6.07, 6.45) is 8.48.